The predicted molar refractivity (Wildman–Crippen MR) is 306 cm³/mol. The van der Waals surface area contributed by atoms with E-state index in [4.69, 9.17) is 29.2 Å². The SMILES string of the molecule is CC.CC.CC.CCC/C=C\C=C(/C)OC.CCCCCCC.CN1CCCCC1C=O.CO.CO.COC.COC.COc1ccc(CCCC2=CC(OCCN3CCOCC3)C=CC=C2C)cc1. The van der Waals surface area contributed by atoms with E-state index in [-0.39, 0.29) is 12.1 Å². The van der Waals surface area contributed by atoms with E-state index in [9.17, 15) is 4.79 Å². The van der Waals surface area contributed by atoms with Crippen molar-refractivity contribution in [3.8, 4) is 5.75 Å². The molecular weight excluding hydrogens is 881 g/mol. The summed E-state index contributed by atoms with van der Waals surface area (Å²) < 4.78 is 30.2. The van der Waals surface area contributed by atoms with Crippen LogP contribution in [-0.4, -0.2) is 148 Å². The number of carbonyl (C=O) groups excluding carboxylic acids is 1. The third-order valence-electron chi connectivity index (χ3n) is 9.85. The standard InChI is InChI=1S/C24H33NO3.C9H16O.C7H13NO.C7H16.2C2H6O.3C2H6.2CH4O/c1-20-5-3-8-24(28-18-15-25-13-16-27-17-14-25)19-22(20)7-4-6-21-9-11-23(26-2)12-10-21;1-4-5-6-7-8-9(2)10-3;1-8-5-3-2-4-7(8)6-9;1-3-5-7-6-4-2;2*1-3-2;5*1-2/h3,5,8-12,19,24H,4,6-7,13-18H2,1-2H3;6-8H,4-5H2,1-3H3;6-7H,2-5H2,1H3;3-7H2,1-2H3;2*1-2H3;3*1-2H3;2*2H,1H3/b;7-6-,9-8+;;;;;;;;;. The van der Waals surface area contributed by atoms with Crippen molar-refractivity contribution in [3.05, 3.63) is 89.3 Å². The number of rotatable bonds is 18. The zero-order valence-corrected chi connectivity index (χ0v) is 49.4. The molecule has 2 unspecified atom stereocenters. The maximum absolute atomic E-state index is 10.3. The molecule has 2 atom stereocenters. The van der Waals surface area contributed by atoms with Gasteiger partial charge in [-0.15, -0.1) is 0 Å². The molecule has 1 aromatic carbocycles. The largest absolute Gasteiger partial charge is 0.501 e. The van der Waals surface area contributed by atoms with Crippen molar-refractivity contribution in [2.75, 3.05) is 110 Å². The van der Waals surface area contributed by atoms with Crippen LogP contribution in [0.5, 0.6) is 5.75 Å². The first kappa shape index (κ1) is 80.9. The lowest BCUT2D eigenvalue weighted by Gasteiger charge is -2.27. The first-order valence-corrected chi connectivity index (χ1v) is 26.5. The summed E-state index contributed by atoms with van der Waals surface area (Å²) in [6.07, 6.45) is 32.2. The normalized spacial score (nSPS) is 15.7. The number of likely N-dealkylation sites (N-methyl/N-ethyl adjacent to an activating group) is 1. The highest BCUT2D eigenvalue weighted by molar-refractivity contribution is 5.57. The molecule has 11 heteroatoms. The predicted octanol–water partition coefficient (Wildman–Crippen LogP) is 13.5. The van der Waals surface area contributed by atoms with E-state index in [1.807, 2.05) is 79.8 Å². The van der Waals surface area contributed by atoms with Crippen molar-refractivity contribution in [3.63, 3.8) is 0 Å². The summed E-state index contributed by atoms with van der Waals surface area (Å²) in [5.41, 5.74) is 4.09. The quantitative estimate of drug-likeness (QED) is 0.0633. The molecule has 2 aliphatic heterocycles. The lowest BCUT2D eigenvalue weighted by Crippen LogP contribution is -2.38. The fraction of sp³-hybridized carbons (Fsp3) is 0.712. The van der Waals surface area contributed by atoms with Crippen LogP contribution in [-0.2, 0) is 34.9 Å². The third kappa shape index (κ3) is 57.4. The molecule has 1 aromatic rings. The number of morpholine rings is 1. The van der Waals surface area contributed by atoms with Crippen LogP contribution in [0.15, 0.2) is 83.7 Å². The molecule has 1 aliphatic carbocycles. The second-order valence-corrected chi connectivity index (χ2v) is 15.2. The van der Waals surface area contributed by atoms with Gasteiger partial charge in [0.15, 0.2) is 0 Å². The number of aryl methyl sites for hydroxylation is 1. The van der Waals surface area contributed by atoms with Gasteiger partial charge < -0.3 is 43.4 Å². The second kappa shape index (κ2) is 72.4. The average Bonchev–Trinajstić information content (AvgIpc) is 3.59. The Hall–Kier alpha value is -3.13. The maximum Gasteiger partial charge on any atom is 0.137 e. The van der Waals surface area contributed by atoms with Crippen LogP contribution in [0.4, 0.5) is 0 Å². The lowest BCUT2D eigenvalue weighted by molar-refractivity contribution is -0.112. The molecule has 4 rings (SSSR count). The zero-order chi connectivity index (χ0) is 55.1. The first-order valence-electron chi connectivity index (χ1n) is 26.5. The number of aliphatic hydroxyl groups excluding tert-OH is 2. The number of hydrogen-bond acceptors (Lipinski definition) is 11. The molecule has 11 nitrogen and oxygen atoms in total. The monoisotopic (exact) mass is 997 g/mol. The minimum atomic E-state index is 0.0609. The van der Waals surface area contributed by atoms with E-state index in [2.05, 4.69) is 89.5 Å². The van der Waals surface area contributed by atoms with Crippen molar-refractivity contribution >= 4 is 6.29 Å². The summed E-state index contributed by atoms with van der Waals surface area (Å²) in [4.78, 5) is 14.9. The van der Waals surface area contributed by atoms with E-state index in [1.165, 1.54) is 68.1 Å². The highest BCUT2D eigenvalue weighted by atomic mass is 16.5. The van der Waals surface area contributed by atoms with Gasteiger partial charge in [0.2, 0.25) is 0 Å². The van der Waals surface area contributed by atoms with Crippen LogP contribution in [0.25, 0.3) is 0 Å². The fourth-order valence-electron chi connectivity index (χ4n) is 6.09. The molecular formula is C59H116N2O9. The maximum atomic E-state index is 10.3. The van der Waals surface area contributed by atoms with Gasteiger partial charge in [0.1, 0.15) is 12.0 Å². The van der Waals surface area contributed by atoms with Crippen LogP contribution in [0.1, 0.15) is 159 Å². The number of nitrogens with zero attached hydrogens (tertiary/aromatic N) is 2. The molecule has 2 N–H and O–H groups in total. The van der Waals surface area contributed by atoms with Crippen LogP contribution in [0.3, 0.4) is 0 Å². The summed E-state index contributed by atoms with van der Waals surface area (Å²) in [5.74, 6) is 1.87. The first-order chi connectivity index (χ1) is 34.1. The Morgan fingerprint density at radius 1 is 0.771 bits per heavy atom. The van der Waals surface area contributed by atoms with Gasteiger partial charge in [-0.2, -0.15) is 0 Å². The molecule has 3 aliphatic rings. The summed E-state index contributed by atoms with van der Waals surface area (Å²) >= 11 is 0. The summed E-state index contributed by atoms with van der Waals surface area (Å²) in [7, 11) is 13.9. The van der Waals surface area contributed by atoms with E-state index in [1.54, 1.807) is 42.7 Å². The van der Waals surface area contributed by atoms with Crippen molar-refractivity contribution in [1.29, 1.82) is 0 Å². The number of piperidine rings is 1. The Labute approximate surface area is 434 Å². The molecule has 0 saturated carbocycles. The number of hydrogen-bond donors (Lipinski definition) is 2. The van der Waals surface area contributed by atoms with Gasteiger partial charge in [-0.1, -0.05) is 150 Å². The van der Waals surface area contributed by atoms with Crippen LogP contribution in [0, 0.1) is 0 Å². The van der Waals surface area contributed by atoms with Crippen molar-refractivity contribution in [1.82, 2.24) is 9.80 Å². The molecule has 0 bridgehead atoms. The van der Waals surface area contributed by atoms with Gasteiger partial charge in [0.25, 0.3) is 0 Å². The molecule has 0 aromatic heterocycles. The number of allylic oxidation sites excluding steroid dienone is 8. The summed E-state index contributed by atoms with van der Waals surface area (Å²) in [6.45, 7) is 29.3. The van der Waals surface area contributed by atoms with Gasteiger partial charge in [-0.3, -0.25) is 9.80 Å². The number of unbranched alkanes of at least 4 members (excludes halogenated alkanes) is 5. The van der Waals surface area contributed by atoms with Gasteiger partial charge >= 0.3 is 0 Å². The number of aldehydes is 1. The van der Waals surface area contributed by atoms with Crippen molar-refractivity contribution < 1.29 is 43.4 Å². The van der Waals surface area contributed by atoms with E-state index >= 15 is 0 Å². The van der Waals surface area contributed by atoms with Crippen LogP contribution < -0.4 is 4.74 Å². The molecule has 0 radical (unpaired) electrons. The van der Waals surface area contributed by atoms with Crippen molar-refractivity contribution in [2.24, 2.45) is 0 Å². The molecule has 416 valence electrons. The number of likely N-dealkylation sites (tertiary alicyclic amines) is 1. The number of aliphatic hydroxyl groups is 2. The highest BCUT2D eigenvalue weighted by Crippen LogP contribution is 2.22. The van der Waals surface area contributed by atoms with E-state index < -0.39 is 0 Å². The molecule has 0 spiro atoms. The Kier molecular flexibility index (Phi) is 83.7. The number of methoxy groups -OCH3 is 4. The number of benzene rings is 1. The van der Waals surface area contributed by atoms with Crippen LogP contribution in [0.2, 0.25) is 0 Å². The summed E-state index contributed by atoms with van der Waals surface area (Å²) in [6, 6.07) is 8.59. The smallest absolute Gasteiger partial charge is 0.137 e. The van der Waals surface area contributed by atoms with Crippen molar-refractivity contribution in [2.45, 2.75) is 172 Å². The Morgan fingerprint density at radius 3 is 1.79 bits per heavy atom. The van der Waals surface area contributed by atoms with Gasteiger partial charge in [0.05, 0.1) is 51.9 Å². The van der Waals surface area contributed by atoms with Gasteiger partial charge in [0, 0.05) is 62.3 Å². The minimum Gasteiger partial charge on any atom is -0.501 e. The molecule has 2 fully saturated rings. The summed E-state index contributed by atoms with van der Waals surface area (Å²) in [5, 5.41) is 14.0. The minimum absolute atomic E-state index is 0.0609. The lowest BCUT2D eigenvalue weighted by atomic mass is 9.98. The number of ether oxygens (including phenoxy) is 6. The average molecular weight is 998 g/mol. The molecule has 70 heavy (non-hydrogen) atoms. The Balaban J connectivity index is -0.000000156. The molecule has 2 heterocycles. The molecule has 0 amide bonds. The third-order valence-corrected chi connectivity index (χ3v) is 9.85. The van der Waals surface area contributed by atoms with E-state index in [0.29, 0.717) is 0 Å². The molecule has 2 saturated heterocycles. The second-order valence-electron chi connectivity index (χ2n) is 15.2. The van der Waals surface area contributed by atoms with Gasteiger partial charge in [-0.25, -0.2) is 0 Å². The van der Waals surface area contributed by atoms with E-state index in [0.717, 1.165) is 110 Å². The van der Waals surface area contributed by atoms with Crippen LogP contribution >= 0.6 is 0 Å². The zero-order valence-electron chi connectivity index (χ0n) is 49.4. The Morgan fingerprint density at radius 2 is 1.33 bits per heavy atom. The Bertz CT molecular complexity index is 1250. The topological polar surface area (TPSA) is 119 Å². The highest BCUT2D eigenvalue weighted by Gasteiger charge is 2.17. The fourth-order valence-corrected chi connectivity index (χ4v) is 6.09. The number of carbonyl (C=O) groups is 1. The van der Waals surface area contributed by atoms with Gasteiger partial charge in [-0.05, 0) is 107 Å².